The summed E-state index contributed by atoms with van der Waals surface area (Å²) in [5.74, 6) is 0.0620. The van der Waals surface area contributed by atoms with Crippen molar-refractivity contribution >= 4 is 12.0 Å². The van der Waals surface area contributed by atoms with E-state index in [1.54, 1.807) is 0 Å². The van der Waals surface area contributed by atoms with Gasteiger partial charge in [0.2, 0.25) is 5.91 Å². The number of ether oxygens (including phenoxy) is 1. The molecule has 0 aromatic rings. The number of unbranched alkanes of at least 4 members (excludes halogenated alkanes) is 10. The van der Waals surface area contributed by atoms with Crippen molar-refractivity contribution in [1.29, 1.82) is 0 Å². The fourth-order valence-corrected chi connectivity index (χ4v) is 2.72. The summed E-state index contributed by atoms with van der Waals surface area (Å²) in [6.45, 7) is 8.54. The molecule has 0 unspecified atom stereocenters. The van der Waals surface area contributed by atoms with Crippen LogP contribution in [0.2, 0.25) is 0 Å². The van der Waals surface area contributed by atoms with Crippen molar-refractivity contribution in [3.8, 4) is 0 Å². The lowest BCUT2D eigenvalue weighted by atomic mass is 10.1. The van der Waals surface area contributed by atoms with Crippen LogP contribution in [0.4, 0.5) is 4.79 Å². The summed E-state index contributed by atoms with van der Waals surface area (Å²) in [5, 5.41) is 5.46. The molecule has 0 heterocycles. The predicted molar refractivity (Wildman–Crippen MR) is 108 cm³/mol. The second-order valence-corrected chi connectivity index (χ2v) is 8.06. The van der Waals surface area contributed by atoms with Gasteiger partial charge in [0.1, 0.15) is 5.60 Å². The Balaban J connectivity index is 3.33. The minimum atomic E-state index is -0.498. The van der Waals surface area contributed by atoms with Crippen LogP contribution in [0, 0.1) is 0 Å². The topological polar surface area (TPSA) is 67.4 Å². The van der Waals surface area contributed by atoms with E-state index in [1.807, 2.05) is 20.8 Å². The molecule has 0 saturated carbocycles. The average Bonchev–Trinajstić information content (AvgIpc) is 2.55. The van der Waals surface area contributed by atoms with Gasteiger partial charge in [-0.1, -0.05) is 71.1 Å². The van der Waals surface area contributed by atoms with Crippen LogP contribution in [0.25, 0.3) is 0 Å². The van der Waals surface area contributed by atoms with Gasteiger partial charge in [-0.15, -0.1) is 0 Å². The van der Waals surface area contributed by atoms with Gasteiger partial charge in [-0.3, -0.25) is 4.79 Å². The van der Waals surface area contributed by atoms with Crippen LogP contribution >= 0.6 is 0 Å². The first-order chi connectivity index (χ1) is 12.3. The Morgan fingerprint density at radius 1 is 0.731 bits per heavy atom. The van der Waals surface area contributed by atoms with E-state index in [0.29, 0.717) is 19.5 Å². The predicted octanol–water partition coefficient (Wildman–Crippen LogP) is 5.33. The van der Waals surface area contributed by atoms with Gasteiger partial charge in [-0.2, -0.15) is 0 Å². The molecule has 0 bridgehead atoms. The Kier molecular flexibility index (Phi) is 15.2. The van der Waals surface area contributed by atoms with Gasteiger partial charge in [-0.05, 0) is 27.2 Å². The first-order valence-electron chi connectivity index (χ1n) is 10.6. The van der Waals surface area contributed by atoms with Gasteiger partial charge in [0.15, 0.2) is 0 Å². The molecule has 0 aromatic carbocycles. The van der Waals surface area contributed by atoms with E-state index < -0.39 is 11.7 Å². The number of hydrogen-bond acceptors (Lipinski definition) is 3. The largest absolute Gasteiger partial charge is 0.444 e. The van der Waals surface area contributed by atoms with Crippen LogP contribution in [-0.4, -0.2) is 30.7 Å². The second-order valence-electron chi connectivity index (χ2n) is 8.06. The lowest BCUT2D eigenvalue weighted by molar-refractivity contribution is -0.121. The zero-order chi connectivity index (χ0) is 19.7. The minimum absolute atomic E-state index is 0.0620. The Morgan fingerprint density at radius 2 is 1.19 bits per heavy atom. The summed E-state index contributed by atoms with van der Waals surface area (Å²) in [4.78, 5) is 23.2. The summed E-state index contributed by atoms with van der Waals surface area (Å²) in [6.07, 6.45) is 14.2. The molecule has 0 atom stereocenters. The number of carbonyl (C=O) groups excluding carboxylic acids is 2. The van der Waals surface area contributed by atoms with Crippen molar-refractivity contribution in [1.82, 2.24) is 10.6 Å². The molecule has 0 aliphatic rings. The maximum Gasteiger partial charge on any atom is 0.407 e. The quantitative estimate of drug-likeness (QED) is 0.383. The molecule has 26 heavy (non-hydrogen) atoms. The molecular weight excluding hydrogens is 328 g/mol. The number of rotatable bonds is 15. The SMILES string of the molecule is CCCCCCCCCCCCCC(=O)NCCNC(=O)OC(C)(C)C. The van der Waals surface area contributed by atoms with Crippen LogP contribution in [0.1, 0.15) is 105 Å². The summed E-state index contributed by atoms with van der Waals surface area (Å²) >= 11 is 0. The summed E-state index contributed by atoms with van der Waals surface area (Å²) < 4.78 is 5.13. The molecule has 0 aliphatic heterocycles. The number of hydrogen-bond donors (Lipinski definition) is 2. The molecule has 0 radical (unpaired) electrons. The fraction of sp³-hybridized carbons (Fsp3) is 0.905. The van der Waals surface area contributed by atoms with Crippen LogP contribution in [-0.2, 0) is 9.53 Å². The van der Waals surface area contributed by atoms with Crippen LogP contribution in [0.5, 0.6) is 0 Å². The van der Waals surface area contributed by atoms with Gasteiger partial charge in [0.25, 0.3) is 0 Å². The van der Waals surface area contributed by atoms with Gasteiger partial charge < -0.3 is 15.4 Å². The Morgan fingerprint density at radius 3 is 1.69 bits per heavy atom. The first kappa shape index (κ1) is 24.7. The summed E-state index contributed by atoms with van der Waals surface area (Å²) in [6, 6.07) is 0. The monoisotopic (exact) mass is 370 g/mol. The summed E-state index contributed by atoms with van der Waals surface area (Å²) in [5.41, 5.74) is -0.498. The lowest BCUT2D eigenvalue weighted by Crippen LogP contribution is -2.37. The Labute approximate surface area is 161 Å². The van der Waals surface area contributed by atoms with Gasteiger partial charge in [0, 0.05) is 19.5 Å². The molecule has 5 nitrogen and oxygen atoms in total. The lowest BCUT2D eigenvalue weighted by Gasteiger charge is -2.19. The highest BCUT2D eigenvalue weighted by Gasteiger charge is 2.15. The molecule has 0 aromatic heterocycles. The van der Waals surface area contributed by atoms with Crippen LogP contribution in [0.15, 0.2) is 0 Å². The molecule has 0 saturated heterocycles. The van der Waals surface area contributed by atoms with Crippen molar-refractivity contribution < 1.29 is 14.3 Å². The molecule has 0 fully saturated rings. The highest BCUT2D eigenvalue weighted by Crippen LogP contribution is 2.11. The molecule has 154 valence electrons. The third kappa shape index (κ3) is 19.1. The highest BCUT2D eigenvalue weighted by atomic mass is 16.6. The maximum atomic E-state index is 11.7. The molecule has 0 aliphatic carbocycles. The van der Waals surface area contributed by atoms with Crippen LogP contribution < -0.4 is 10.6 Å². The molecule has 0 spiro atoms. The van der Waals surface area contributed by atoms with Crippen molar-refractivity contribution in [2.45, 2.75) is 110 Å². The van der Waals surface area contributed by atoms with Crippen molar-refractivity contribution in [2.24, 2.45) is 0 Å². The molecule has 2 amide bonds. The third-order valence-electron chi connectivity index (χ3n) is 4.12. The van der Waals surface area contributed by atoms with E-state index in [9.17, 15) is 9.59 Å². The van der Waals surface area contributed by atoms with E-state index in [0.717, 1.165) is 12.8 Å². The van der Waals surface area contributed by atoms with Crippen LogP contribution in [0.3, 0.4) is 0 Å². The summed E-state index contributed by atoms with van der Waals surface area (Å²) in [7, 11) is 0. The zero-order valence-electron chi connectivity index (χ0n) is 17.6. The van der Waals surface area contributed by atoms with Gasteiger partial charge >= 0.3 is 6.09 Å². The minimum Gasteiger partial charge on any atom is -0.444 e. The highest BCUT2D eigenvalue weighted by molar-refractivity contribution is 5.75. The normalized spacial score (nSPS) is 11.2. The number of carbonyl (C=O) groups is 2. The molecular formula is C21H42N2O3. The van der Waals surface area contributed by atoms with Gasteiger partial charge in [0.05, 0.1) is 0 Å². The molecule has 2 N–H and O–H groups in total. The van der Waals surface area contributed by atoms with E-state index in [1.165, 1.54) is 57.8 Å². The second kappa shape index (κ2) is 16.0. The van der Waals surface area contributed by atoms with Crippen molar-refractivity contribution in [2.75, 3.05) is 13.1 Å². The van der Waals surface area contributed by atoms with E-state index in [-0.39, 0.29) is 5.91 Å². The molecule has 0 rings (SSSR count). The smallest absolute Gasteiger partial charge is 0.407 e. The average molecular weight is 371 g/mol. The Bertz CT molecular complexity index is 365. The van der Waals surface area contributed by atoms with E-state index in [4.69, 9.17) is 4.74 Å². The number of nitrogens with one attached hydrogen (secondary N) is 2. The van der Waals surface area contributed by atoms with Crippen molar-refractivity contribution in [3.05, 3.63) is 0 Å². The first-order valence-corrected chi connectivity index (χ1v) is 10.6. The fourth-order valence-electron chi connectivity index (χ4n) is 2.72. The van der Waals surface area contributed by atoms with E-state index in [2.05, 4.69) is 17.6 Å². The van der Waals surface area contributed by atoms with Gasteiger partial charge in [-0.25, -0.2) is 4.79 Å². The third-order valence-corrected chi connectivity index (χ3v) is 4.12. The molecule has 5 heteroatoms. The van der Waals surface area contributed by atoms with E-state index >= 15 is 0 Å². The van der Waals surface area contributed by atoms with Crippen molar-refractivity contribution in [3.63, 3.8) is 0 Å². The number of alkyl carbamates (subject to hydrolysis) is 1. The maximum absolute atomic E-state index is 11.7. The number of amides is 2. The Hall–Kier alpha value is -1.26. The standard InChI is InChI=1S/C21H42N2O3/c1-5-6-7-8-9-10-11-12-13-14-15-16-19(24)22-17-18-23-20(25)26-21(2,3)4/h5-18H2,1-4H3,(H,22,24)(H,23,25). The zero-order valence-corrected chi connectivity index (χ0v) is 17.6.